The molecule has 0 atom stereocenters. The van der Waals surface area contributed by atoms with Crippen LogP contribution in [0.3, 0.4) is 0 Å². The first kappa shape index (κ1) is 22.8. The number of nitrogens with zero attached hydrogens (tertiary/aromatic N) is 3. The van der Waals surface area contributed by atoms with E-state index in [1.807, 2.05) is 0 Å². The summed E-state index contributed by atoms with van der Waals surface area (Å²) in [5.74, 6) is -3.69. The van der Waals surface area contributed by atoms with Gasteiger partial charge in [0.15, 0.2) is 17.5 Å². The van der Waals surface area contributed by atoms with E-state index < -0.39 is 29.7 Å². The largest absolute Gasteiger partial charge is 0.340 e. The van der Waals surface area contributed by atoms with Crippen LogP contribution in [0.4, 0.5) is 29.1 Å². The fourth-order valence-corrected chi connectivity index (χ4v) is 4.17. The maximum Gasteiger partial charge on any atom is 0.237 e. The van der Waals surface area contributed by atoms with Crippen molar-refractivity contribution in [1.82, 2.24) is 14.5 Å². The zero-order valence-corrected chi connectivity index (χ0v) is 18.1. The van der Waals surface area contributed by atoms with Crippen LogP contribution in [0.15, 0.2) is 36.4 Å². The van der Waals surface area contributed by atoms with E-state index >= 15 is 0 Å². The lowest BCUT2D eigenvalue weighted by Gasteiger charge is -2.42. The highest BCUT2D eigenvalue weighted by Crippen LogP contribution is 2.40. The van der Waals surface area contributed by atoms with Gasteiger partial charge in [-0.05, 0) is 43.7 Å². The molecule has 2 heterocycles. The van der Waals surface area contributed by atoms with E-state index in [0.717, 1.165) is 12.1 Å². The van der Waals surface area contributed by atoms with Crippen molar-refractivity contribution in [3.8, 4) is 11.3 Å². The minimum Gasteiger partial charge on any atom is -0.340 e. The lowest BCUT2D eigenvalue weighted by Crippen LogP contribution is -2.53. The summed E-state index contributed by atoms with van der Waals surface area (Å²) in [7, 11) is 0. The third-order valence-electron chi connectivity index (χ3n) is 5.81. The maximum absolute atomic E-state index is 14.1. The van der Waals surface area contributed by atoms with Crippen LogP contribution in [0.1, 0.15) is 25.2 Å². The average molecular weight is 461 g/mol. The molecule has 0 spiro atoms. The van der Waals surface area contributed by atoms with Gasteiger partial charge in [0, 0.05) is 24.3 Å². The van der Waals surface area contributed by atoms with Crippen molar-refractivity contribution in [1.29, 1.82) is 0 Å². The molecule has 0 radical (unpaired) electrons. The molecule has 3 N–H and O–H groups in total. The molecular weight excluding hydrogens is 438 g/mol. The predicted octanol–water partition coefficient (Wildman–Crippen LogP) is 4.22. The Hall–Kier alpha value is -3.40. The van der Waals surface area contributed by atoms with Gasteiger partial charge < -0.3 is 20.5 Å². The SMILES string of the molecule is CC1(C)c2nc(-c3cc(F)c(F)c(F)c3)c(Nc3cccc(CF)c3)n2CCN1C(=O)CN. The van der Waals surface area contributed by atoms with Crippen molar-refractivity contribution in [2.75, 3.05) is 18.4 Å². The summed E-state index contributed by atoms with van der Waals surface area (Å²) < 4.78 is 56.7. The number of benzene rings is 2. The molecule has 1 aliphatic rings. The highest BCUT2D eigenvalue weighted by atomic mass is 19.2. The number of imidazole rings is 1. The zero-order chi connectivity index (χ0) is 23.9. The minimum atomic E-state index is -1.58. The van der Waals surface area contributed by atoms with Crippen LogP contribution in [-0.4, -0.2) is 33.4 Å². The Morgan fingerprint density at radius 2 is 1.85 bits per heavy atom. The normalized spacial score (nSPS) is 14.8. The molecule has 0 fully saturated rings. The van der Waals surface area contributed by atoms with Gasteiger partial charge in [0.2, 0.25) is 5.91 Å². The first-order chi connectivity index (χ1) is 15.7. The van der Waals surface area contributed by atoms with Crippen LogP contribution >= 0.6 is 0 Å². The number of halogens is 4. The number of aromatic nitrogens is 2. The van der Waals surface area contributed by atoms with Gasteiger partial charge in [0.05, 0.1) is 12.1 Å². The van der Waals surface area contributed by atoms with Gasteiger partial charge in [0.25, 0.3) is 0 Å². The van der Waals surface area contributed by atoms with Gasteiger partial charge in [-0.1, -0.05) is 12.1 Å². The summed E-state index contributed by atoms with van der Waals surface area (Å²) >= 11 is 0. The van der Waals surface area contributed by atoms with E-state index in [1.165, 1.54) is 0 Å². The number of alkyl halides is 1. The predicted molar refractivity (Wildman–Crippen MR) is 116 cm³/mol. The van der Waals surface area contributed by atoms with E-state index in [0.29, 0.717) is 36.0 Å². The first-order valence-electron chi connectivity index (χ1n) is 10.4. The Morgan fingerprint density at radius 1 is 1.15 bits per heavy atom. The third kappa shape index (κ3) is 3.95. The van der Waals surface area contributed by atoms with Crippen molar-refractivity contribution in [3.05, 3.63) is 65.2 Å². The molecule has 174 valence electrons. The molecule has 1 aliphatic heterocycles. The Balaban J connectivity index is 1.90. The molecule has 1 amide bonds. The molecule has 1 aromatic heterocycles. The topological polar surface area (TPSA) is 76.2 Å². The van der Waals surface area contributed by atoms with E-state index in [9.17, 15) is 22.4 Å². The van der Waals surface area contributed by atoms with Gasteiger partial charge in [-0.25, -0.2) is 22.5 Å². The van der Waals surface area contributed by atoms with Gasteiger partial charge in [-0.2, -0.15) is 0 Å². The molecule has 0 aliphatic carbocycles. The highest BCUT2D eigenvalue weighted by Gasteiger charge is 2.41. The molecule has 0 unspecified atom stereocenters. The van der Waals surface area contributed by atoms with Crippen molar-refractivity contribution in [3.63, 3.8) is 0 Å². The number of rotatable bonds is 5. The molecule has 4 rings (SSSR count). The number of amides is 1. The number of carbonyl (C=O) groups excluding carboxylic acids is 1. The van der Waals surface area contributed by atoms with Crippen molar-refractivity contribution < 1.29 is 22.4 Å². The summed E-state index contributed by atoms with van der Waals surface area (Å²) in [5.41, 5.74) is 5.85. The van der Waals surface area contributed by atoms with Gasteiger partial charge in [-0.3, -0.25) is 4.79 Å². The standard InChI is InChI=1S/C23H23F4N5O/c1-23(2)22-30-20(14-9-16(25)19(27)17(26)10-14)21(29-15-5-3-4-13(8-15)11-24)31(22)6-7-32(23)18(33)12-28/h3-5,8-10,29H,6-7,11-12,28H2,1-2H3. The summed E-state index contributed by atoms with van der Waals surface area (Å²) in [4.78, 5) is 18.6. The molecule has 0 saturated carbocycles. The summed E-state index contributed by atoms with van der Waals surface area (Å²) in [5, 5.41) is 3.17. The second-order valence-corrected chi connectivity index (χ2v) is 8.31. The molecule has 33 heavy (non-hydrogen) atoms. The second-order valence-electron chi connectivity index (χ2n) is 8.31. The number of anilines is 2. The molecule has 2 aromatic carbocycles. The lowest BCUT2D eigenvalue weighted by molar-refractivity contribution is -0.137. The van der Waals surface area contributed by atoms with Crippen molar-refractivity contribution in [2.45, 2.75) is 32.6 Å². The van der Waals surface area contributed by atoms with E-state index in [4.69, 9.17) is 5.73 Å². The Morgan fingerprint density at radius 3 is 2.48 bits per heavy atom. The molecule has 0 bridgehead atoms. The van der Waals surface area contributed by atoms with Crippen LogP contribution in [-0.2, 0) is 23.6 Å². The highest BCUT2D eigenvalue weighted by molar-refractivity contribution is 5.80. The first-order valence-corrected chi connectivity index (χ1v) is 10.4. The third-order valence-corrected chi connectivity index (χ3v) is 5.81. The van der Waals surface area contributed by atoms with Crippen LogP contribution in [0.2, 0.25) is 0 Å². The molecule has 3 aromatic rings. The van der Waals surface area contributed by atoms with E-state index in [1.54, 1.807) is 47.6 Å². The second kappa shape index (κ2) is 8.51. The number of nitrogens with one attached hydrogen (secondary N) is 1. The van der Waals surface area contributed by atoms with Crippen molar-refractivity contribution >= 4 is 17.4 Å². The average Bonchev–Trinajstić information content (AvgIpc) is 3.16. The van der Waals surface area contributed by atoms with E-state index in [2.05, 4.69) is 10.3 Å². The number of nitrogens with two attached hydrogens (primary N) is 1. The quantitative estimate of drug-likeness (QED) is 0.441. The molecule has 6 nitrogen and oxygen atoms in total. The number of carbonyl (C=O) groups is 1. The maximum atomic E-state index is 14.1. The fourth-order valence-electron chi connectivity index (χ4n) is 4.17. The molecular formula is C23H23F4N5O. The van der Waals surface area contributed by atoms with Crippen molar-refractivity contribution in [2.24, 2.45) is 5.73 Å². The lowest BCUT2D eigenvalue weighted by atomic mass is 9.99. The fraction of sp³-hybridized carbons (Fsp3) is 0.304. The Bertz CT molecular complexity index is 1200. The minimum absolute atomic E-state index is 0.0185. The zero-order valence-electron chi connectivity index (χ0n) is 18.1. The summed E-state index contributed by atoms with van der Waals surface area (Å²) in [6.45, 7) is 3.41. The Kier molecular flexibility index (Phi) is 5.87. The van der Waals surface area contributed by atoms with Crippen LogP contribution in [0.5, 0.6) is 0 Å². The number of hydrogen-bond acceptors (Lipinski definition) is 4. The summed E-state index contributed by atoms with van der Waals surface area (Å²) in [6, 6.07) is 8.35. The van der Waals surface area contributed by atoms with Gasteiger partial charge in [-0.15, -0.1) is 0 Å². The van der Waals surface area contributed by atoms with Crippen LogP contribution in [0.25, 0.3) is 11.3 Å². The number of hydrogen-bond donors (Lipinski definition) is 2. The van der Waals surface area contributed by atoms with Gasteiger partial charge in [0.1, 0.15) is 24.0 Å². The smallest absolute Gasteiger partial charge is 0.237 e. The Labute approximate surface area is 188 Å². The molecule has 0 saturated heterocycles. The van der Waals surface area contributed by atoms with Crippen LogP contribution < -0.4 is 11.1 Å². The van der Waals surface area contributed by atoms with E-state index in [-0.39, 0.29) is 23.7 Å². The number of fused-ring (bicyclic) bond motifs is 1. The summed E-state index contributed by atoms with van der Waals surface area (Å²) in [6.07, 6.45) is 0. The van der Waals surface area contributed by atoms with Gasteiger partial charge >= 0.3 is 0 Å². The monoisotopic (exact) mass is 461 g/mol. The van der Waals surface area contributed by atoms with Crippen LogP contribution in [0, 0.1) is 17.5 Å². The molecule has 10 heteroatoms.